The summed E-state index contributed by atoms with van der Waals surface area (Å²) in [5.41, 5.74) is 8.29. The van der Waals surface area contributed by atoms with Crippen LogP contribution in [0.15, 0.2) is 24.3 Å². The number of benzene rings is 1. The summed E-state index contributed by atoms with van der Waals surface area (Å²) >= 11 is 0. The Morgan fingerprint density at radius 2 is 2.14 bits per heavy atom. The highest BCUT2D eigenvalue weighted by Crippen LogP contribution is 2.31. The Hall–Kier alpha value is -2.43. The van der Waals surface area contributed by atoms with E-state index in [2.05, 4.69) is 11.9 Å². The number of aryl methyl sites for hydroxylation is 1. The van der Waals surface area contributed by atoms with Crippen LogP contribution in [-0.2, 0) is 22.4 Å². The molecule has 1 amide bonds. The maximum Gasteiger partial charge on any atom is 0.339 e. The van der Waals surface area contributed by atoms with Crippen molar-refractivity contribution in [2.75, 3.05) is 6.61 Å². The number of hydrogen-bond donors (Lipinski definition) is 1. The third kappa shape index (κ3) is 2.66. The minimum absolute atomic E-state index is 0.403. The number of carbonyl (C=O) groups excluding carboxylic acids is 2. The molecule has 0 saturated carbocycles. The standard InChI is InChI=1S/C17H18N2O3/c1-10-6-7-14-12(8-10)16(17(21)22-9-15(18)20)11-4-2-3-5-13(11)19-14/h2-5,10H,6-9H2,1H3,(H2,18,20)/t10-/m0/s1. The minimum atomic E-state index is -0.658. The summed E-state index contributed by atoms with van der Waals surface area (Å²) < 4.78 is 5.06. The highest BCUT2D eigenvalue weighted by Gasteiger charge is 2.26. The van der Waals surface area contributed by atoms with Crippen LogP contribution in [0.25, 0.3) is 10.9 Å². The minimum Gasteiger partial charge on any atom is -0.452 e. The summed E-state index contributed by atoms with van der Waals surface area (Å²) in [7, 11) is 0. The molecule has 1 aliphatic carbocycles. The second-order valence-electron chi connectivity index (χ2n) is 5.82. The van der Waals surface area contributed by atoms with Gasteiger partial charge in [-0.25, -0.2) is 4.79 Å². The summed E-state index contributed by atoms with van der Waals surface area (Å²) in [6.07, 6.45) is 2.72. The molecule has 2 aromatic rings. The zero-order valence-electron chi connectivity index (χ0n) is 12.5. The van der Waals surface area contributed by atoms with Crippen LogP contribution < -0.4 is 5.73 Å². The van der Waals surface area contributed by atoms with Crippen LogP contribution in [0.3, 0.4) is 0 Å². The topological polar surface area (TPSA) is 82.3 Å². The predicted octanol–water partition coefficient (Wildman–Crippen LogP) is 2.00. The molecule has 0 saturated heterocycles. The number of pyridine rings is 1. The zero-order chi connectivity index (χ0) is 15.7. The monoisotopic (exact) mass is 298 g/mol. The van der Waals surface area contributed by atoms with Crippen LogP contribution in [0.5, 0.6) is 0 Å². The van der Waals surface area contributed by atoms with Crippen molar-refractivity contribution in [1.82, 2.24) is 4.98 Å². The Morgan fingerprint density at radius 1 is 1.36 bits per heavy atom. The van der Waals surface area contributed by atoms with Gasteiger partial charge in [0, 0.05) is 11.1 Å². The predicted molar refractivity (Wildman–Crippen MR) is 82.4 cm³/mol. The average Bonchev–Trinajstić information content (AvgIpc) is 2.50. The molecule has 2 N–H and O–H groups in total. The van der Waals surface area contributed by atoms with E-state index in [9.17, 15) is 9.59 Å². The van der Waals surface area contributed by atoms with Gasteiger partial charge in [-0.1, -0.05) is 25.1 Å². The third-order valence-electron chi connectivity index (χ3n) is 4.06. The first-order chi connectivity index (χ1) is 10.6. The number of fused-ring (bicyclic) bond motifs is 2. The van der Waals surface area contributed by atoms with Gasteiger partial charge >= 0.3 is 5.97 Å². The first-order valence-corrected chi connectivity index (χ1v) is 7.42. The number of primary amides is 1. The fourth-order valence-corrected chi connectivity index (χ4v) is 3.00. The first kappa shape index (κ1) is 14.5. The molecule has 0 fully saturated rings. The molecule has 3 rings (SSSR count). The number of rotatable bonds is 3. The lowest BCUT2D eigenvalue weighted by atomic mass is 9.84. The van der Waals surface area contributed by atoms with E-state index in [1.807, 2.05) is 24.3 Å². The average molecular weight is 298 g/mol. The van der Waals surface area contributed by atoms with E-state index in [0.29, 0.717) is 11.5 Å². The van der Waals surface area contributed by atoms with Gasteiger partial charge < -0.3 is 10.5 Å². The van der Waals surface area contributed by atoms with E-state index in [1.165, 1.54) is 0 Å². The van der Waals surface area contributed by atoms with Crippen LogP contribution >= 0.6 is 0 Å². The van der Waals surface area contributed by atoms with Crippen molar-refractivity contribution in [1.29, 1.82) is 0 Å². The van der Waals surface area contributed by atoms with Gasteiger partial charge in [0.25, 0.3) is 5.91 Å². The number of aromatic nitrogens is 1. The second-order valence-corrected chi connectivity index (χ2v) is 5.82. The lowest BCUT2D eigenvalue weighted by Crippen LogP contribution is -2.23. The van der Waals surface area contributed by atoms with Crippen molar-refractivity contribution in [2.24, 2.45) is 11.7 Å². The Balaban J connectivity index is 2.14. The lowest BCUT2D eigenvalue weighted by Gasteiger charge is -2.24. The molecule has 5 heteroatoms. The van der Waals surface area contributed by atoms with Crippen molar-refractivity contribution in [3.63, 3.8) is 0 Å². The highest BCUT2D eigenvalue weighted by molar-refractivity contribution is 6.05. The van der Waals surface area contributed by atoms with E-state index in [0.717, 1.165) is 41.4 Å². The second kappa shape index (κ2) is 5.75. The van der Waals surface area contributed by atoms with E-state index in [4.69, 9.17) is 10.5 Å². The molecule has 1 heterocycles. The van der Waals surface area contributed by atoms with E-state index in [1.54, 1.807) is 0 Å². The Morgan fingerprint density at radius 3 is 2.91 bits per heavy atom. The number of carbonyl (C=O) groups is 2. The number of nitrogens with zero attached hydrogens (tertiary/aromatic N) is 1. The van der Waals surface area contributed by atoms with Gasteiger partial charge in [-0.15, -0.1) is 0 Å². The highest BCUT2D eigenvalue weighted by atomic mass is 16.5. The lowest BCUT2D eigenvalue weighted by molar-refractivity contribution is -0.121. The normalized spacial score (nSPS) is 17.0. The molecular formula is C17H18N2O3. The van der Waals surface area contributed by atoms with Crippen LogP contribution in [0.4, 0.5) is 0 Å². The molecule has 114 valence electrons. The van der Waals surface area contributed by atoms with Crippen LogP contribution in [0, 0.1) is 5.92 Å². The van der Waals surface area contributed by atoms with Crippen molar-refractivity contribution < 1.29 is 14.3 Å². The van der Waals surface area contributed by atoms with Crippen LogP contribution in [0.1, 0.15) is 35.0 Å². The number of amides is 1. The zero-order valence-corrected chi connectivity index (χ0v) is 12.5. The first-order valence-electron chi connectivity index (χ1n) is 7.42. The number of nitrogens with two attached hydrogens (primary N) is 1. The van der Waals surface area contributed by atoms with E-state index >= 15 is 0 Å². The number of esters is 1. The van der Waals surface area contributed by atoms with Crippen LogP contribution in [-0.4, -0.2) is 23.5 Å². The largest absolute Gasteiger partial charge is 0.452 e. The Kier molecular flexibility index (Phi) is 3.79. The fraction of sp³-hybridized carbons (Fsp3) is 0.353. The molecule has 0 spiro atoms. The van der Waals surface area contributed by atoms with Crippen molar-refractivity contribution in [2.45, 2.75) is 26.2 Å². The molecule has 1 aromatic heterocycles. The summed E-state index contributed by atoms with van der Waals surface area (Å²) in [6.45, 7) is 1.76. The summed E-state index contributed by atoms with van der Waals surface area (Å²) in [5.74, 6) is -0.658. The SMILES string of the molecule is C[C@H]1CCc2nc3ccccc3c(C(=O)OCC(N)=O)c2C1. The van der Waals surface area contributed by atoms with E-state index < -0.39 is 18.5 Å². The van der Waals surface area contributed by atoms with Gasteiger partial charge in [0.2, 0.25) is 0 Å². The summed E-state index contributed by atoms with van der Waals surface area (Å²) in [5, 5.41) is 0.768. The Labute approximate surface area is 128 Å². The van der Waals surface area contributed by atoms with Gasteiger partial charge in [0.1, 0.15) is 0 Å². The van der Waals surface area contributed by atoms with E-state index in [-0.39, 0.29) is 0 Å². The van der Waals surface area contributed by atoms with Crippen molar-refractivity contribution in [3.05, 3.63) is 41.1 Å². The van der Waals surface area contributed by atoms with Gasteiger partial charge in [-0.05, 0) is 36.8 Å². The van der Waals surface area contributed by atoms with Gasteiger partial charge in [0.05, 0.1) is 11.1 Å². The molecule has 5 nitrogen and oxygen atoms in total. The number of para-hydroxylation sites is 1. The maximum absolute atomic E-state index is 12.5. The molecule has 22 heavy (non-hydrogen) atoms. The molecule has 0 bridgehead atoms. The molecular weight excluding hydrogens is 280 g/mol. The summed E-state index contributed by atoms with van der Waals surface area (Å²) in [6, 6.07) is 7.51. The van der Waals surface area contributed by atoms with Gasteiger partial charge in [0.15, 0.2) is 6.61 Å². The van der Waals surface area contributed by atoms with Gasteiger partial charge in [-0.3, -0.25) is 9.78 Å². The number of ether oxygens (including phenoxy) is 1. The summed E-state index contributed by atoms with van der Waals surface area (Å²) in [4.78, 5) is 28.0. The van der Waals surface area contributed by atoms with Crippen molar-refractivity contribution >= 4 is 22.8 Å². The van der Waals surface area contributed by atoms with Crippen LogP contribution in [0.2, 0.25) is 0 Å². The molecule has 1 aromatic carbocycles. The van der Waals surface area contributed by atoms with Crippen molar-refractivity contribution in [3.8, 4) is 0 Å². The number of hydrogen-bond acceptors (Lipinski definition) is 4. The smallest absolute Gasteiger partial charge is 0.339 e. The molecule has 0 unspecified atom stereocenters. The maximum atomic E-state index is 12.5. The Bertz CT molecular complexity index is 755. The van der Waals surface area contributed by atoms with Gasteiger partial charge in [-0.2, -0.15) is 0 Å². The molecule has 0 radical (unpaired) electrons. The molecule has 1 aliphatic rings. The molecule has 0 aliphatic heterocycles. The molecule has 1 atom stereocenters. The quantitative estimate of drug-likeness (QED) is 0.879. The fourth-order valence-electron chi connectivity index (χ4n) is 3.00. The third-order valence-corrected chi connectivity index (χ3v) is 4.06.